The third-order valence-electron chi connectivity index (χ3n) is 3.04. The van der Waals surface area contributed by atoms with Gasteiger partial charge in [0.25, 0.3) is 0 Å². The molecule has 2 heterocycles. The molecule has 1 unspecified atom stereocenters. The van der Waals surface area contributed by atoms with Crippen LogP contribution >= 0.6 is 23.2 Å². The fraction of sp³-hybridized carbons (Fsp3) is 0.0667. The molecule has 1 N–H and O–H groups in total. The van der Waals surface area contributed by atoms with Gasteiger partial charge in [-0.1, -0.05) is 41.4 Å². The average molecular weight is 305 g/mol. The highest BCUT2D eigenvalue weighted by atomic mass is 35.5. The summed E-state index contributed by atoms with van der Waals surface area (Å²) in [6.45, 7) is 0. The first-order valence-electron chi connectivity index (χ1n) is 5.99. The normalized spacial score (nSPS) is 12.6. The topological polar surface area (TPSA) is 46.0 Å². The van der Waals surface area contributed by atoms with Gasteiger partial charge in [-0.25, -0.2) is 0 Å². The highest BCUT2D eigenvalue weighted by molar-refractivity contribution is 6.34. The summed E-state index contributed by atoms with van der Waals surface area (Å²) in [4.78, 5) is 8.37. The first kappa shape index (κ1) is 13.3. The molecule has 0 aliphatic rings. The lowest BCUT2D eigenvalue weighted by Gasteiger charge is -2.12. The van der Waals surface area contributed by atoms with Crippen molar-refractivity contribution in [1.82, 2.24) is 9.97 Å². The molecular formula is C15H10Cl2N2O. The van der Waals surface area contributed by atoms with E-state index in [0.717, 1.165) is 10.9 Å². The predicted molar refractivity (Wildman–Crippen MR) is 80.1 cm³/mol. The molecule has 3 aromatic rings. The van der Waals surface area contributed by atoms with Gasteiger partial charge in [-0.15, -0.1) is 0 Å². The molecule has 100 valence electrons. The minimum absolute atomic E-state index is 0.339. The summed E-state index contributed by atoms with van der Waals surface area (Å²) in [7, 11) is 0. The van der Waals surface area contributed by atoms with Crippen molar-refractivity contribution in [3.63, 3.8) is 0 Å². The molecule has 0 saturated heterocycles. The van der Waals surface area contributed by atoms with Gasteiger partial charge in [-0.2, -0.15) is 0 Å². The van der Waals surface area contributed by atoms with Crippen LogP contribution in [0.15, 0.2) is 48.8 Å². The summed E-state index contributed by atoms with van der Waals surface area (Å²) in [5.74, 6) is 0. The SMILES string of the molecule is OC(c1ccc2cccnc2c1)c1ncc(Cl)cc1Cl. The molecule has 1 atom stereocenters. The number of benzene rings is 1. The zero-order valence-electron chi connectivity index (χ0n) is 10.3. The lowest BCUT2D eigenvalue weighted by Crippen LogP contribution is -2.03. The van der Waals surface area contributed by atoms with E-state index in [1.807, 2.05) is 30.3 Å². The van der Waals surface area contributed by atoms with Gasteiger partial charge in [-0.3, -0.25) is 9.97 Å². The van der Waals surface area contributed by atoms with Crippen molar-refractivity contribution in [2.45, 2.75) is 6.10 Å². The number of aromatic nitrogens is 2. The number of pyridine rings is 2. The number of nitrogens with zero attached hydrogens (tertiary/aromatic N) is 2. The van der Waals surface area contributed by atoms with Gasteiger partial charge >= 0.3 is 0 Å². The smallest absolute Gasteiger partial charge is 0.123 e. The van der Waals surface area contributed by atoms with Crippen LogP contribution in [0.1, 0.15) is 17.4 Å². The maximum atomic E-state index is 10.4. The van der Waals surface area contributed by atoms with Gasteiger partial charge in [-0.05, 0) is 23.8 Å². The van der Waals surface area contributed by atoms with Gasteiger partial charge in [0.1, 0.15) is 6.10 Å². The summed E-state index contributed by atoms with van der Waals surface area (Å²) in [5.41, 5.74) is 1.88. The van der Waals surface area contributed by atoms with Crippen LogP contribution in [-0.4, -0.2) is 15.1 Å². The maximum absolute atomic E-state index is 10.4. The molecule has 3 nitrogen and oxygen atoms in total. The Kier molecular flexibility index (Phi) is 3.57. The van der Waals surface area contributed by atoms with Crippen molar-refractivity contribution in [3.05, 3.63) is 70.1 Å². The number of hydrogen-bond donors (Lipinski definition) is 1. The molecule has 0 spiro atoms. The molecule has 0 fully saturated rings. The number of fused-ring (bicyclic) bond motifs is 1. The lowest BCUT2D eigenvalue weighted by molar-refractivity contribution is 0.215. The minimum Gasteiger partial charge on any atom is -0.382 e. The van der Waals surface area contributed by atoms with Gasteiger partial charge in [0.05, 0.1) is 21.3 Å². The summed E-state index contributed by atoms with van der Waals surface area (Å²) < 4.78 is 0. The van der Waals surface area contributed by atoms with Crippen LogP contribution in [0.5, 0.6) is 0 Å². The van der Waals surface area contributed by atoms with Crippen molar-refractivity contribution >= 4 is 34.1 Å². The molecule has 2 aromatic heterocycles. The molecule has 3 rings (SSSR count). The van der Waals surface area contributed by atoms with Gasteiger partial charge in [0.15, 0.2) is 0 Å². The second-order valence-corrected chi connectivity index (χ2v) is 5.22. The Hall–Kier alpha value is -1.68. The van der Waals surface area contributed by atoms with Crippen molar-refractivity contribution in [2.24, 2.45) is 0 Å². The van der Waals surface area contributed by atoms with E-state index < -0.39 is 6.10 Å². The van der Waals surface area contributed by atoms with E-state index in [-0.39, 0.29) is 0 Å². The second kappa shape index (κ2) is 5.37. The molecular weight excluding hydrogens is 295 g/mol. The van der Waals surface area contributed by atoms with Gasteiger partial charge in [0, 0.05) is 17.8 Å². The van der Waals surface area contributed by atoms with E-state index in [4.69, 9.17) is 23.2 Å². The highest BCUT2D eigenvalue weighted by Gasteiger charge is 2.16. The third kappa shape index (κ3) is 2.48. The van der Waals surface area contributed by atoms with E-state index in [1.165, 1.54) is 6.20 Å². The zero-order chi connectivity index (χ0) is 14.1. The Morgan fingerprint density at radius 3 is 2.70 bits per heavy atom. The first-order valence-corrected chi connectivity index (χ1v) is 6.74. The first-order chi connectivity index (χ1) is 9.65. The molecule has 0 bridgehead atoms. The zero-order valence-corrected chi connectivity index (χ0v) is 11.8. The largest absolute Gasteiger partial charge is 0.382 e. The van der Waals surface area contributed by atoms with E-state index in [9.17, 15) is 5.11 Å². The highest BCUT2D eigenvalue weighted by Crippen LogP contribution is 2.29. The van der Waals surface area contributed by atoms with Crippen LogP contribution in [-0.2, 0) is 0 Å². The Labute approximate surface area is 125 Å². The van der Waals surface area contributed by atoms with Crippen LogP contribution < -0.4 is 0 Å². The van der Waals surface area contributed by atoms with Crippen LogP contribution in [0.25, 0.3) is 10.9 Å². The van der Waals surface area contributed by atoms with E-state index in [0.29, 0.717) is 21.3 Å². The molecule has 0 aliphatic carbocycles. The second-order valence-electron chi connectivity index (χ2n) is 4.38. The van der Waals surface area contributed by atoms with Gasteiger partial charge < -0.3 is 5.11 Å². The fourth-order valence-electron chi connectivity index (χ4n) is 2.04. The monoisotopic (exact) mass is 304 g/mol. The molecule has 20 heavy (non-hydrogen) atoms. The lowest BCUT2D eigenvalue weighted by atomic mass is 10.0. The summed E-state index contributed by atoms with van der Waals surface area (Å²) in [6, 6.07) is 11.0. The standard InChI is InChI=1S/C15H10Cl2N2O/c16-11-7-12(17)14(19-8-11)15(20)10-4-3-9-2-1-5-18-13(9)6-10/h1-8,15,20H. The van der Waals surface area contributed by atoms with Crippen molar-refractivity contribution in [3.8, 4) is 0 Å². The van der Waals surface area contributed by atoms with E-state index >= 15 is 0 Å². The predicted octanol–water partition coefficient (Wildman–Crippen LogP) is 4.02. The van der Waals surface area contributed by atoms with Crippen LogP contribution in [0.4, 0.5) is 0 Å². The Morgan fingerprint density at radius 2 is 1.90 bits per heavy atom. The molecule has 0 radical (unpaired) electrons. The molecule has 0 amide bonds. The summed E-state index contributed by atoms with van der Waals surface area (Å²) >= 11 is 11.9. The Balaban J connectivity index is 2.05. The van der Waals surface area contributed by atoms with Crippen LogP contribution in [0.3, 0.4) is 0 Å². The maximum Gasteiger partial charge on any atom is 0.123 e. The number of aliphatic hydroxyl groups excluding tert-OH is 1. The number of rotatable bonds is 2. The van der Waals surface area contributed by atoms with Crippen molar-refractivity contribution < 1.29 is 5.11 Å². The average Bonchev–Trinajstić information content (AvgIpc) is 2.46. The Bertz CT molecular complexity index is 777. The number of hydrogen-bond acceptors (Lipinski definition) is 3. The molecule has 0 saturated carbocycles. The summed E-state index contributed by atoms with van der Waals surface area (Å²) in [6.07, 6.45) is 2.27. The summed E-state index contributed by atoms with van der Waals surface area (Å²) in [5, 5.41) is 12.2. The molecule has 5 heteroatoms. The van der Waals surface area contributed by atoms with Crippen molar-refractivity contribution in [1.29, 1.82) is 0 Å². The minimum atomic E-state index is -0.911. The number of halogens is 2. The Morgan fingerprint density at radius 1 is 1.05 bits per heavy atom. The quantitative estimate of drug-likeness (QED) is 0.778. The van der Waals surface area contributed by atoms with Crippen LogP contribution in [0, 0.1) is 0 Å². The van der Waals surface area contributed by atoms with E-state index in [1.54, 1.807) is 12.3 Å². The van der Waals surface area contributed by atoms with Crippen LogP contribution in [0.2, 0.25) is 10.0 Å². The fourth-order valence-corrected chi connectivity index (χ4v) is 2.52. The molecule has 0 aliphatic heterocycles. The molecule has 1 aromatic carbocycles. The van der Waals surface area contributed by atoms with E-state index in [2.05, 4.69) is 9.97 Å². The number of aliphatic hydroxyl groups is 1. The van der Waals surface area contributed by atoms with Gasteiger partial charge in [0.2, 0.25) is 0 Å². The third-order valence-corrected chi connectivity index (χ3v) is 3.55. The van der Waals surface area contributed by atoms with Crippen molar-refractivity contribution in [2.75, 3.05) is 0 Å².